The Labute approximate surface area is 168 Å². The van der Waals surface area contributed by atoms with Crippen LogP contribution >= 0.6 is 0 Å². The molecule has 1 amide bonds. The zero-order valence-corrected chi connectivity index (χ0v) is 15.6. The smallest absolute Gasteiger partial charge is 0.340 e. The first-order valence-corrected chi connectivity index (χ1v) is 9.14. The number of esters is 1. The third kappa shape index (κ3) is 5.90. The third-order valence-corrected chi connectivity index (χ3v) is 4.04. The van der Waals surface area contributed by atoms with Gasteiger partial charge in [0.25, 0.3) is 5.91 Å². The number of hydrogen-bond acceptors (Lipinski definition) is 4. The van der Waals surface area contributed by atoms with Gasteiger partial charge in [0.05, 0.1) is 24.5 Å². The second-order valence-electron chi connectivity index (χ2n) is 6.16. The average Bonchev–Trinajstić information content (AvgIpc) is 2.75. The molecule has 0 aromatic heterocycles. The molecule has 148 valence electrons. The maximum Gasteiger partial charge on any atom is 0.340 e. The van der Waals surface area contributed by atoms with Gasteiger partial charge < -0.3 is 14.8 Å². The molecular weight excluding hydrogens is 373 g/mol. The molecule has 3 rings (SSSR count). The van der Waals surface area contributed by atoms with E-state index in [-0.39, 0.29) is 23.9 Å². The van der Waals surface area contributed by atoms with E-state index in [1.165, 1.54) is 24.3 Å². The Balaban J connectivity index is 1.50. The lowest BCUT2D eigenvalue weighted by molar-refractivity contribution is 0.0487. The molecule has 29 heavy (non-hydrogen) atoms. The highest BCUT2D eigenvalue weighted by Crippen LogP contribution is 2.18. The van der Waals surface area contributed by atoms with Crippen LogP contribution in [0.2, 0.25) is 0 Å². The van der Waals surface area contributed by atoms with Crippen molar-refractivity contribution in [2.75, 3.05) is 18.5 Å². The lowest BCUT2D eigenvalue weighted by Gasteiger charge is -2.11. The highest BCUT2D eigenvalue weighted by molar-refractivity contribution is 6.07. The topological polar surface area (TPSA) is 64.6 Å². The van der Waals surface area contributed by atoms with E-state index in [2.05, 4.69) is 5.32 Å². The Morgan fingerprint density at radius 2 is 1.52 bits per heavy atom. The van der Waals surface area contributed by atoms with E-state index in [9.17, 15) is 14.0 Å². The van der Waals surface area contributed by atoms with E-state index in [0.717, 1.165) is 0 Å². The zero-order valence-electron chi connectivity index (χ0n) is 15.6. The molecule has 0 aliphatic carbocycles. The number of nitrogens with one attached hydrogen (secondary N) is 1. The van der Waals surface area contributed by atoms with Gasteiger partial charge in [0.15, 0.2) is 0 Å². The summed E-state index contributed by atoms with van der Waals surface area (Å²) in [6.07, 6.45) is 0.474. The first kappa shape index (κ1) is 20.1. The summed E-state index contributed by atoms with van der Waals surface area (Å²) in [4.78, 5) is 24.7. The van der Waals surface area contributed by atoms with Crippen molar-refractivity contribution in [3.05, 3.63) is 95.8 Å². The molecule has 0 saturated carbocycles. The summed E-state index contributed by atoms with van der Waals surface area (Å²) in [6.45, 7) is 0.478. The number of para-hydroxylation sites is 1. The Morgan fingerprint density at radius 1 is 0.828 bits per heavy atom. The molecule has 0 radical (unpaired) electrons. The predicted octanol–water partition coefficient (Wildman–Crippen LogP) is 4.70. The van der Waals surface area contributed by atoms with Crippen molar-refractivity contribution in [3.8, 4) is 5.75 Å². The summed E-state index contributed by atoms with van der Waals surface area (Å²) in [5.41, 5.74) is 1.15. The van der Waals surface area contributed by atoms with Crippen molar-refractivity contribution in [2.45, 2.75) is 6.42 Å². The van der Waals surface area contributed by atoms with Crippen molar-refractivity contribution in [1.29, 1.82) is 0 Å². The molecule has 0 saturated heterocycles. The molecule has 5 nitrogen and oxygen atoms in total. The minimum Gasteiger partial charge on any atom is -0.493 e. The summed E-state index contributed by atoms with van der Waals surface area (Å²) in [5.74, 6) is -0.620. The molecule has 0 aliphatic heterocycles. The molecular formula is C23H20FNO4. The van der Waals surface area contributed by atoms with Gasteiger partial charge in [0.1, 0.15) is 11.6 Å². The fourth-order valence-corrected chi connectivity index (χ4v) is 2.58. The van der Waals surface area contributed by atoms with Crippen LogP contribution < -0.4 is 10.1 Å². The highest BCUT2D eigenvalue weighted by Gasteiger charge is 2.15. The van der Waals surface area contributed by atoms with Crippen molar-refractivity contribution in [3.63, 3.8) is 0 Å². The first-order chi connectivity index (χ1) is 14.1. The molecule has 0 unspecified atom stereocenters. The molecule has 1 N–H and O–H groups in total. The zero-order chi connectivity index (χ0) is 20.5. The van der Waals surface area contributed by atoms with Crippen LogP contribution in [0.1, 0.15) is 27.1 Å². The molecule has 0 spiro atoms. The number of anilines is 1. The van der Waals surface area contributed by atoms with Crippen LogP contribution in [-0.2, 0) is 4.74 Å². The van der Waals surface area contributed by atoms with E-state index in [1.54, 1.807) is 48.5 Å². The van der Waals surface area contributed by atoms with Gasteiger partial charge in [0.2, 0.25) is 0 Å². The van der Waals surface area contributed by atoms with Crippen LogP contribution in [0.25, 0.3) is 0 Å². The Morgan fingerprint density at radius 3 is 2.28 bits per heavy atom. The first-order valence-electron chi connectivity index (χ1n) is 9.14. The molecule has 0 aliphatic rings. The Kier molecular flexibility index (Phi) is 6.95. The van der Waals surface area contributed by atoms with Crippen LogP contribution in [0.3, 0.4) is 0 Å². The molecule has 3 aromatic carbocycles. The minimum atomic E-state index is -0.532. The number of carbonyl (C=O) groups is 2. The Hall–Kier alpha value is -3.67. The predicted molar refractivity (Wildman–Crippen MR) is 108 cm³/mol. The van der Waals surface area contributed by atoms with Crippen molar-refractivity contribution < 1.29 is 23.5 Å². The number of ether oxygens (including phenoxy) is 2. The standard InChI is InChI=1S/C23H20FNO4/c24-18-11-13-19(14-12-18)28-15-6-16-29-23(27)20-9-4-5-10-21(20)25-22(26)17-7-2-1-3-8-17/h1-5,7-14H,6,15-16H2,(H,25,26). The van der Waals surface area contributed by atoms with Gasteiger partial charge in [-0.25, -0.2) is 9.18 Å². The number of rotatable bonds is 8. The van der Waals surface area contributed by atoms with Crippen molar-refractivity contribution in [2.24, 2.45) is 0 Å². The summed E-state index contributed by atoms with van der Waals surface area (Å²) >= 11 is 0. The van der Waals surface area contributed by atoms with Gasteiger partial charge in [-0.05, 0) is 48.5 Å². The molecule has 0 heterocycles. The highest BCUT2D eigenvalue weighted by atomic mass is 19.1. The fraction of sp³-hybridized carbons (Fsp3) is 0.130. The van der Waals surface area contributed by atoms with Gasteiger partial charge in [-0.15, -0.1) is 0 Å². The fourth-order valence-electron chi connectivity index (χ4n) is 2.58. The monoisotopic (exact) mass is 393 g/mol. The summed E-state index contributed by atoms with van der Waals surface area (Å²) in [7, 11) is 0. The van der Waals surface area contributed by atoms with Gasteiger partial charge in [-0.3, -0.25) is 4.79 Å². The van der Waals surface area contributed by atoms with Crippen LogP contribution in [-0.4, -0.2) is 25.1 Å². The van der Waals surface area contributed by atoms with E-state index in [4.69, 9.17) is 9.47 Å². The van der Waals surface area contributed by atoms with Crippen LogP contribution in [0.15, 0.2) is 78.9 Å². The maximum absolute atomic E-state index is 12.8. The molecule has 0 atom stereocenters. The van der Waals surface area contributed by atoms with E-state index in [0.29, 0.717) is 30.0 Å². The second kappa shape index (κ2) is 10.0. The normalized spacial score (nSPS) is 10.2. The largest absolute Gasteiger partial charge is 0.493 e. The lowest BCUT2D eigenvalue weighted by Crippen LogP contribution is -2.16. The maximum atomic E-state index is 12.8. The van der Waals surface area contributed by atoms with E-state index in [1.807, 2.05) is 6.07 Å². The minimum absolute atomic E-state index is 0.154. The average molecular weight is 393 g/mol. The molecule has 0 bridgehead atoms. The summed E-state index contributed by atoms with van der Waals surface area (Å²) < 4.78 is 23.6. The number of halogens is 1. The van der Waals surface area contributed by atoms with Crippen molar-refractivity contribution in [1.82, 2.24) is 0 Å². The number of hydrogen-bond donors (Lipinski definition) is 1. The van der Waals surface area contributed by atoms with Crippen molar-refractivity contribution >= 4 is 17.6 Å². The summed E-state index contributed by atoms with van der Waals surface area (Å²) in [6, 6.07) is 21.1. The van der Waals surface area contributed by atoms with Crippen LogP contribution in [0.5, 0.6) is 5.75 Å². The quantitative estimate of drug-likeness (QED) is 0.445. The number of carbonyl (C=O) groups excluding carboxylic acids is 2. The van der Waals surface area contributed by atoms with Crippen LogP contribution in [0.4, 0.5) is 10.1 Å². The Bertz CT molecular complexity index is 958. The van der Waals surface area contributed by atoms with Gasteiger partial charge in [0, 0.05) is 12.0 Å². The van der Waals surface area contributed by atoms with Gasteiger partial charge in [-0.2, -0.15) is 0 Å². The number of benzene rings is 3. The summed E-state index contributed by atoms with van der Waals surface area (Å²) in [5, 5.41) is 2.74. The molecule has 0 fully saturated rings. The number of amides is 1. The third-order valence-electron chi connectivity index (χ3n) is 4.04. The van der Waals surface area contributed by atoms with Crippen LogP contribution in [0, 0.1) is 5.82 Å². The van der Waals surface area contributed by atoms with E-state index >= 15 is 0 Å². The van der Waals surface area contributed by atoms with Gasteiger partial charge in [-0.1, -0.05) is 30.3 Å². The van der Waals surface area contributed by atoms with E-state index < -0.39 is 5.97 Å². The second-order valence-corrected chi connectivity index (χ2v) is 6.16. The van der Waals surface area contributed by atoms with Gasteiger partial charge >= 0.3 is 5.97 Å². The molecule has 6 heteroatoms. The SMILES string of the molecule is O=C(Nc1ccccc1C(=O)OCCCOc1ccc(F)cc1)c1ccccc1. The lowest BCUT2D eigenvalue weighted by atomic mass is 10.1. The molecule has 3 aromatic rings.